The number of aliphatic carboxylic acids is 3. The number of carbonyl (C=O) groups is 13. The number of aliphatic hydroxyl groups excluding tert-OH is 3. The Morgan fingerprint density at radius 3 is 1.43 bits per heavy atom. The number of imidazole rings is 1. The van der Waals surface area contributed by atoms with Crippen LogP contribution in [-0.2, 0) is 68.7 Å². The number of aromatic nitrogens is 2. The summed E-state index contributed by atoms with van der Waals surface area (Å²) in [5.74, 6) is -16.0. The van der Waals surface area contributed by atoms with Gasteiger partial charge >= 0.3 is 17.9 Å². The van der Waals surface area contributed by atoms with Crippen molar-refractivity contribution in [3.63, 3.8) is 0 Å². The van der Waals surface area contributed by atoms with E-state index in [0.29, 0.717) is 25.1 Å². The van der Waals surface area contributed by atoms with E-state index in [1.165, 1.54) is 33.3 Å². The van der Waals surface area contributed by atoms with Crippen LogP contribution in [-0.4, -0.2) is 211 Å². The van der Waals surface area contributed by atoms with Crippen molar-refractivity contribution in [1.82, 2.24) is 63.1 Å². The van der Waals surface area contributed by atoms with Gasteiger partial charge in [-0.15, -0.1) is 0 Å². The lowest BCUT2D eigenvalue weighted by Gasteiger charge is -2.29. The largest absolute Gasteiger partial charge is 0.481 e. The quantitative estimate of drug-likeness (QED) is 0.0271. The molecule has 11 atom stereocenters. The number of hydrogen-bond acceptors (Lipinski definition) is 19. The summed E-state index contributed by atoms with van der Waals surface area (Å²) in [6, 6.07) is -15.6. The number of carboxylic acid groups (broad SMARTS) is 3. The van der Waals surface area contributed by atoms with Gasteiger partial charge in [-0.3, -0.25) is 57.5 Å². The normalized spacial score (nSPS) is 15.1. The van der Waals surface area contributed by atoms with Crippen LogP contribution in [0.25, 0.3) is 0 Å². The predicted octanol–water partition coefficient (Wildman–Crippen LogP) is -6.18. The molecule has 1 aromatic rings. The maximum Gasteiger partial charge on any atom is 0.326 e. The number of H-pyrrole nitrogens is 1. The monoisotopic (exact) mass is 1200 g/mol. The number of aromatic amines is 1. The summed E-state index contributed by atoms with van der Waals surface area (Å²) in [6.07, 6.45) is 1.17. The number of hydrogen-bond donors (Lipinski definition) is 19. The topological polar surface area (TPSA) is 544 Å². The number of amides is 10. The highest BCUT2D eigenvalue weighted by Crippen LogP contribution is 2.13. The molecule has 0 saturated heterocycles. The molecule has 1 aromatic heterocycles. The fourth-order valence-electron chi connectivity index (χ4n) is 7.86. The predicted molar refractivity (Wildman–Crippen MR) is 295 cm³/mol. The number of rotatable bonds is 42. The Bertz CT molecular complexity index is 2360. The van der Waals surface area contributed by atoms with Crippen LogP contribution in [0.3, 0.4) is 0 Å². The van der Waals surface area contributed by atoms with Crippen LogP contribution in [0.1, 0.15) is 111 Å². The van der Waals surface area contributed by atoms with Crippen molar-refractivity contribution in [1.29, 1.82) is 0 Å². The first-order valence-electron chi connectivity index (χ1n) is 27.5. The number of unbranched alkanes of at least 4 members (excludes halogenated alkanes) is 1. The van der Waals surface area contributed by atoms with Gasteiger partial charge in [0.05, 0.1) is 32.2 Å². The van der Waals surface area contributed by atoms with Crippen molar-refractivity contribution in [2.45, 2.75) is 173 Å². The summed E-state index contributed by atoms with van der Waals surface area (Å²) >= 11 is 0. The third-order valence-electron chi connectivity index (χ3n) is 13.0. The molecule has 0 aliphatic heterocycles. The summed E-state index contributed by atoms with van der Waals surface area (Å²) < 4.78 is 0. The van der Waals surface area contributed by atoms with Gasteiger partial charge in [0.15, 0.2) is 0 Å². The van der Waals surface area contributed by atoms with Gasteiger partial charge in [-0.1, -0.05) is 54.4 Å². The maximum absolute atomic E-state index is 14.0. The standard InChI is InChI=1S/C51H86N14O19/c1-7-27(6)41(65-48(80)36(23-68)63-47(79)35(22-67)62-45(77)32(18-25(2)3)60-42(74)29(53)10-8-9-16-52)50(82)59-30(11-13-38(70)71)43(75)61-34(21-66)46(78)58-31(12-14-39(72)73)44(76)64-40(26(4)5)49(81)55-17-15-37(69)57-33(51(83)84)19-28-20-54-24-56-28/h20,24-27,29-36,40-41,66-68H,7-19,21-23,52-53H2,1-6H3,(H,54,56)(H,55,81)(H,57,69)(H,58,78)(H,59,82)(H,60,74)(H,61,75)(H,62,77)(H,63,79)(H,64,76)(H,65,80)(H,70,71)(H,72,73)(H,83,84)/t27-,29-,30-,31-,32-,33-,34-,35-,36-,40-,41-/m0/s1. The van der Waals surface area contributed by atoms with Crippen molar-refractivity contribution in [3.8, 4) is 0 Å². The number of nitrogens with two attached hydrogens (primary N) is 2. The Balaban J connectivity index is 3.24. The van der Waals surface area contributed by atoms with Crippen molar-refractivity contribution in [2.24, 2.45) is 29.2 Å². The first kappa shape index (κ1) is 74.1. The molecular weight excluding hydrogens is 1110 g/mol. The second-order valence-corrected chi connectivity index (χ2v) is 20.7. The molecule has 1 heterocycles. The van der Waals surface area contributed by atoms with Crippen LogP contribution in [0.15, 0.2) is 12.5 Å². The van der Waals surface area contributed by atoms with Crippen molar-refractivity contribution >= 4 is 77.0 Å². The van der Waals surface area contributed by atoms with E-state index >= 15 is 0 Å². The summed E-state index contributed by atoms with van der Waals surface area (Å²) in [6.45, 7) is 6.44. The Labute approximate surface area is 484 Å². The van der Waals surface area contributed by atoms with Crippen LogP contribution < -0.4 is 64.6 Å². The van der Waals surface area contributed by atoms with Gasteiger partial charge in [-0.2, -0.15) is 0 Å². The molecule has 474 valence electrons. The lowest BCUT2D eigenvalue weighted by atomic mass is 9.97. The Morgan fingerprint density at radius 2 is 0.988 bits per heavy atom. The highest BCUT2D eigenvalue weighted by molar-refractivity contribution is 5.98. The van der Waals surface area contributed by atoms with Crippen molar-refractivity contribution in [3.05, 3.63) is 18.2 Å². The molecule has 0 bridgehead atoms. The van der Waals surface area contributed by atoms with Crippen molar-refractivity contribution < 1.29 is 93.0 Å². The zero-order valence-corrected chi connectivity index (χ0v) is 48.1. The van der Waals surface area contributed by atoms with Crippen LogP contribution in [0, 0.1) is 17.8 Å². The molecule has 84 heavy (non-hydrogen) atoms. The number of nitrogens with one attached hydrogen (secondary N) is 11. The first-order valence-corrected chi connectivity index (χ1v) is 27.5. The summed E-state index contributed by atoms with van der Waals surface area (Å²) in [5, 5.41) is 82.4. The summed E-state index contributed by atoms with van der Waals surface area (Å²) in [7, 11) is 0. The lowest BCUT2D eigenvalue weighted by molar-refractivity contribution is -0.142. The Kier molecular flexibility index (Phi) is 34.3. The Morgan fingerprint density at radius 1 is 0.536 bits per heavy atom. The average molecular weight is 1200 g/mol. The molecule has 33 nitrogen and oxygen atoms in total. The summed E-state index contributed by atoms with van der Waals surface area (Å²) in [4.78, 5) is 176. The van der Waals surface area contributed by atoms with Gasteiger partial charge in [0.25, 0.3) is 0 Å². The van der Waals surface area contributed by atoms with Gasteiger partial charge in [0.1, 0.15) is 54.4 Å². The fourth-order valence-corrected chi connectivity index (χ4v) is 7.86. The van der Waals surface area contributed by atoms with E-state index in [1.54, 1.807) is 20.8 Å². The van der Waals surface area contributed by atoms with Crippen molar-refractivity contribution in [2.75, 3.05) is 32.9 Å². The average Bonchev–Trinajstić information content (AvgIpc) is 4.12. The molecule has 0 saturated carbocycles. The minimum Gasteiger partial charge on any atom is -0.481 e. The van der Waals surface area contributed by atoms with Crippen LogP contribution in [0.2, 0.25) is 0 Å². The molecular formula is C51H86N14O19. The van der Waals surface area contributed by atoms with E-state index in [-0.39, 0.29) is 44.6 Å². The fraction of sp³-hybridized carbons (Fsp3) is 0.686. The molecule has 0 unspecified atom stereocenters. The van der Waals surface area contributed by atoms with Gasteiger partial charge < -0.3 is 100 Å². The van der Waals surface area contributed by atoms with Crippen LogP contribution in [0.4, 0.5) is 0 Å². The molecule has 10 amide bonds. The van der Waals surface area contributed by atoms with Gasteiger partial charge in [0.2, 0.25) is 59.1 Å². The molecule has 0 spiro atoms. The summed E-state index contributed by atoms with van der Waals surface area (Å²) in [5.41, 5.74) is 11.9. The van der Waals surface area contributed by atoms with E-state index in [4.69, 9.17) is 11.5 Å². The first-order chi connectivity index (χ1) is 39.5. The van der Waals surface area contributed by atoms with E-state index < -0.39 is 195 Å². The smallest absolute Gasteiger partial charge is 0.326 e. The highest BCUT2D eigenvalue weighted by atomic mass is 16.4. The zero-order chi connectivity index (χ0) is 63.8. The molecule has 21 N–H and O–H groups in total. The van der Waals surface area contributed by atoms with Gasteiger partial charge in [-0.25, -0.2) is 9.78 Å². The maximum atomic E-state index is 14.0. The van der Waals surface area contributed by atoms with E-state index in [1.807, 2.05) is 0 Å². The van der Waals surface area contributed by atoms with Crippen LogP contribution in [0.5, 0.6) is 0 Å². The zero-order valence-electron chi connectivity index (χ0n) is 48.1. The molecule has 33 heteroatoms. The van der Waals surface area contributed by atoms with E-state index in [2.05, 4.69) is 63.1 Å². The molecule has 1 rings (SSSR count). The second kappa shape index (κ2) is 38.8. The SMILES string of the molecule is CC[C@H](C)[C@H](NC(=O)[C@H](CO)NC(=O)[C@H](CO)NC(=O)[C@H](CC(C)C)NC(=O)[C@@H](N)CCCCN)C(=O)N[C@@H](CCC(=O)O)C(=O)N[C@@H](CO)C(=O)N[C@@H](CCC(=O)O)C(=O)N[C@H](C(=O)NCCC(=O)N[C@@H](Cc1cnc[nH]1)C(=O)O)C(C)C. The second-order valence-electron chi connectivity index (χ2n) is 20.7. The van der Waals surface area contributed by atoms with Crippen LogP contribution >= 0.6 is 0 Å². The third-order valence-corrected chi connectivity index (χ3v) is 13.0. The number of carbonyl (C=O) groups excluding carboxylic acids is 10. The van der Waals surface area contributed by atoms with Gasteiger partial charge in [-0.05, 0) is 56.4 Å². The number of nitrogens with zero attached hydrogens (tertiary/aromatic N) is 1. The van der Waals surface area contributed by atoms with E-state index in [9.17, 15) is 93.0 Å². The number of carboxylic acids is 3. The molecule has 0 radical (unpaired) electrons. The highest BCUT2D eigenvalue weighted by Gasteiger charge is 2.37. The number of aliphatic hydroxyl groups is 3. The Hall–Kier alpha value is -7.88. The lowest BCUT2D eigenvalue weighted by Crippen LogP contribution is -2.62. The molecule has 0 aromatic carbocycles. The minimum atomic E-state index is -1.96. The molecule has 0 aliphatic rings. The van der Waals surface area contributed by atoms with Gasteiger partial charge in [0, 0.05) is 44.1 Å². The minimum absolute atomic E-state index is 0.0928. The van der Waals surface area contributed by atoms with E-state index in [0.717, 1.165) is 0 Å². The molecule has 0 aliphatic carbocycles. The molecule has 0 fully saturated rings. The third kappa shape index (κ3) is 27.5.